The number of hydrogen-bond donors (Lipinski definition) is 0. The Hall–Kier alpha value is -0.0431. The highest BCUT2D eigenvalue weighted by molar-refractivity contribution is 6.35. The van der Waals surface area contributed by atoms with Gasteiger partial charge in [0.25, 0.3) is 0 Å². The smallest absolute Gasteiger partial charge is 0.0420 e. The minimum atomic E-state index is 1.11. The summed E-state index contributed by atoms with van der Waals surface area (Å²) < 4.78 is 0. The van der Waals surface area contributed by atoms with Crippen molar-refractivity contribution < 1.29 is 0 Å². The summed E-state index contributed by atoms with van der Waals surface area (Å²) in [5.41, 5.74) is 0. The summed E-state index contributed by atoms with van der Waals surface area (Å²) in [6, 6.07) is 2.60. The lowest BCUT2D eigenvalue weighted by molar-refractivity contribution is 1.07. The molecular weight excluding hydrogens is 100 g/mol. The molecule has 0 saturated carbocycles. The summed E-state index contributed by atoms with van der Waals surface area (Å²) in [4.78, 5) is 0. The molecule has 0 atom stereocenters. The van der Waals surface area contributed by atoms with Gasteiger partial charge in [0.05, 0.1) is 0 Å². The van der Waals surface area contributed by atoms with Crippen LogP contribution in [-0.2, 0) is 0 Å². The summed E-state index contributed by atoms with van der Waals surface area (Å²) in [5.74, 6) is 0. The van der Waals surface area contributed by atoms with Crippen molar-refractivity contribution in [3.8, 4) is 0 Å². The number of hydrogen-bond acceptors (Lipinski definition) is 0. The normalized spacial score (nSPS) is 8.71. The van der Waals surface area contributed by atoms with Gasteiger partial charge in [-0.05, 0) is 6.04 Å². The van der Waals surface area contributed by atoms with Crippen molar-refractivity contribution in [2.24, 2.45) is 0 Å². The van der Waals surface area contributed by atoms with Gasteiger partial charge in [-0.1, -0.05) is 25.5 Å². The van der Waals surface area contributed by atoms with Gasteiger partial charge < -0.3 is 0 Å². The molecule has 0 spiro atoms. The summed E-state index contributed by atoms with van der Waals surface area (Å²) in [7, 11) is 1.11. The quantitative estimate of drug-likeness (QED) is 0.297. The van der Waals surface area contributed by atoms with Crippen molar-refractivity contribution in [1.29, 1.82) is 0 Å². The fourth-order valence-corrected chi connectivity index (χ4v) is 1.14. The van der Waals surface area contributed by atoms with E-state index in [1.807, 2.05) is 6.08 Å². The van der Waals surface area contributed by atoms with E-state index in [4.69, 9.17) is 0 Å². The van der Waals surface area contributed by atoms with Crippen molar-refractivity contribution in [2.45, 2.75) is 25.4 Å². The first-order chi connectivity index (χ1) is 3.41. The highest BCUT2D eigenvalue weighted by Crippen LogP contribution is 1.89. The molecule has 0 aliphatic heterocycles. The Labute approximate surface area is 48.4 Å². The van der Waals surface area contributed by atoms with E-state index in [0.29, 0.717) is 0 Å². The van der Waals surface area contributed by atoms with Gasteiger partial charge in [0.15, 0.2) is 0 Å². The second kappa shape index (κ2) is 5.96. The second-order valence-corrected chi connectivity index (χ2v) is 2.90. The topological polar surface area (TPSA) is 0 Å². The van der Waals surface area contributed by atoms with E-state index in [0.717, 1.165) is 9.52 Å². The van der Waals surface area contributed by atoms with Crippen LogP contribution in [0.25, 0.3) is 0 Å². The van der Waals surface area contributed by atoms with Gasteiger partial charge in [-0.15, -0.1) is 6.58 Å². The molecule has 0 unspecified atom stereocenters. The molecule has 0 aromatic rings. The maximum Gasteiger partial charge on any atom is 0.0420 e. The molecule has 0 aromatic carbocycles. The standard InChI is InChI=1S/C6H12Si/c1-3-5-7-6-4-2/h3H,1,4-6H2,2H3. The van der Waals surface area contributed by atoms with E-state index in [1.165, 1.54) is 18.5 Å². The van der Waals surface area contributed by atoms with Gasteiger partial charge >= 0.3 is 0 Å². The van der Waals surface area contributed by atoms with E-state index < -0.39 is 0 Å². The SMILES string of the molecule is C=CC[Si]CCC. The first-order valence-corrected chi connectivity index (χ1v) is 4.14. The molecule has 7 heavy (non-hydrogen) atoms. The van der Waals surface area contributed by atoms with Gasteiger partial charge in [-0.25, -0.2) is 0 Å². The molecule has 1 heteroatoms. The van der Waals surface area contributed by atoms with E-state index >= 15 is 0 Å². The lowest BCUT2D eigenvalue weighted by Crippen LogP contribution is -1.82. The van der Waals surface area contributed by atoms with Crippen molar-refractivity contribution in [3.63, 3.8) is 0 Å². The zero-order valence-electron chi connectivity index (χ0n) is 4.91. The molecule has 2 radical (unpaired) electrons. The Bertz CT molecular complexity index is 41.4. The largest absolute Gasteiger partial charge is 0.103 e. The predicted octanol–water partition coefficient (Wildman–Crippen LogP) is 2.12. The van der Waals surface area contributed by atoms with Crippen LogP contribution in [0.3, 0.4) is 0 Å². The Kier molecular flexibility index (Phi) is 5.92. The van der Waals surface area contributed by atoms with Gasteiger partial charge in [-0.3, -0.25) is 0 Å². The fourth-order valence-electron chi connectivity index (χ4n) is 0.381. The van der Waals surface area contributed by atoms with Crippen molar-refractivity contribution in [1.82, 2.24) is 0 Å². The molecule has 0 saturated heterocycles. The summed E-state index contributed by atoms with van der Waals surface area (Å²) in [5, 5.41) is 0. The molecule has 0 N–H and O–H groups in total. The van der Waals surface area contributed by atoms with Gasteiger partial charge in [-0.2, -0.15) is 0 Å². The molecule has 0 bridgehead atoms. The molecule has 0 amide bonds. The molecule has 40 valence electrons. The molecule has 0 heterocycles. The zero-order chi connectivity index (χ0) is 5.54. The molecule has 0 rings (SSSR count). The van der Waals surface area contributed by atoms with E-state index in [2.05, 4.69) is 13.5 Å². The Balaban J connectivity index is 2.56. The summed E-state index contributed by atoms with van der Waals surface area (Å²) >= 11 is 0. The summed E-state index contributed by atoms with van der Waals surface area (Å²) in [6.45, 7) is 5.86. The molecule has 0 aromatic heterocycles. The van der Waals surface area contributed by atoms with Crippen LogP contribution in [0, 0.1) is 0 Å². The third-order valence-corrected chi connectivity index (χ3v) is 2.15. The predicted molar refractivity (Wildman–Crippen MR) is 35.9 cm³/mol. The van der Waals surface area contributed by atoms with Crippen LogP contribution in [0.5, 0.6) is 0 Å². The van der Waals surface area contributed by atoms with Crippen molar-refractivity contribution in [2.75, 3.05) is 0 Å². The van der Waals surface area contributed by atoms with Gasteiger partial charge in [0, 0.05) is 9.52 Å². The van der Waals surface area contributed by atoms with Crippen LogP contribution in [0.1, 0.15) is 13.3 Å². The Morgan fingerprint density at radius 1 is 1.71 bits per heavy atom. The van der Waals surface area contributed by atoms with Gasteiger partial charge in [0.1, 0.15) is 0 Å². The molecule has 0 aliphatic rings. The monoisotopic (exact) mass is 112 g/mol. The van der Waals surface area contributed by atoms with Crippen molar-refractivity contribution >= 4 is 9.52 Å². The molecular formula is C6H12Si. The molecule has 0 aliphatic carbocycles. The first-order valence-electron chi connectivity index (χ1n) is 2.73. The number of rotatable bonds is 4. The average Bonchev–Trinajstić information content (AvgIpc) is 1.69. The minimum absolute atomic E-state index is 1.11. The Morgan fingerprint density at radius 3 is 2.86 bits per heavy atom. The third kappa shape index (κ3) is 5.96. The Morgan fingerprint density at radius 2 is 2.43 bits per heavy atom. The van der Waals surface area contributed by atoms with Crippen LogP contribution >= 0.6 is 0 Å². The average molecular weight is 112 g/mol. The highest BCUT2D eigenvalue weighted by Gasteiger charge is 1.79. The fraction of sp³-hybridized carbons (Fsp3) is 0.667. The van der Waals surface area contributed by atoms with Crippen LogP contribution in [0.2, 0.25) is 12.1 Å². The summed E-state index contributed by atoms with van der Waals surface area (Å²) in [6.07, 6.45) is 3.32. The van der Waals surface area contributed by atoms with Crippen molar-refractivity contribution in [3.05, 3.63) is 12.7 Å². The third-order valence-electron chi connectivity index (χ3n) is 0.715. The highest BCUT2D eigenvalue weighted by atomic mass is 28.2. The van der Waals surface area contributed by atoms with E-state index in [1.54, 1.807) is 0 Å². The minimum Gasteiger partial charge on any atom is -0.103 e. The second-order valence-electron chi connectivity index (χ2n) is 1.49. The molecule has 0 nitrogen and oxygen atoms in total. The van der Waals surface area contributed by atoms with E-state index in [-0.39, 0.29) is 0 Å². The number of allylic oxidation sites excluding steroid dienone is 1. The van der Waals surface area contributed by atoms with Gasteiger partial charge in [0.2, 0.25) is 0 Å². The van der Waals surface area contributed by atoms with Crippen LogP contribution in [-0.4, -0.2) is 9.52 Å². The van der Waals surface area contributed by atoms with Crippen LogP contribution in [0.4, 0.5) is 0 Å². The maximum atomic E-state index is 3.64. The van der Waals surface area contributed by atoms with Crippen LogP contribution < -0.4 is 0 Å². The van der Waals surface area contributed by atoms with E-state index in [9.17, 15) is 0 Å². The van der Waals surface area contributed by atoms with Crippen LogP contribution in [0.15, 0.2) is 12.7 Å². The lowest BCUT2D eigenvalue weighted by Gasteiger charge is -1.85. The molecule has 0 fully saturated rings. The lowest BCUT2D eigenvalue weighted by atomic mass is 10.6. The maximum absolute atomic E-state index is 3.64. The zero-order valence-corrected chi connectivity index (χ0v) is 5.91. The first kappa shape index (κ1) is 6.96.